The lowest BCUT2D eigenvalue weighted by molar-refractivity contribution is -0.136. The molecule has 3 aromatic rings. The molecule has 1 aliphatic rings. The van der Waals surface area contributed by atoms with Crippen molar-refractivity contribution in [3.05, 3.63) is 56.4 Å². The van der Waals surface area contributed by atoms with Crippen LogP contribution in [0.15, 0.2) is 34.9 Å². The van der Waals surface area contributed by atoms with Crippen LogP contribution in [0.25, 0.3) is 10.9 Å². The molecule has 49 heavy (non-hydrogen) atoms. The topological polar surface area (TPSA) is 259 Å². The molecule has 2 aromatic heterocycles. The standard InChI is InChI=1S/C29H32BrCl2N9O8/c1-41-20(6-15(31)24(41)32)28(48)37-11-23(44)38-19-9-35-25(45)17(4-12-8-34-16-3-2-13(30)5-14(12)16)40-29(49)21(42)10-36-26(46)18(7-22(33)43)39-27(19)47/h2-3,5-6,8,17-19,21,34,42H,4,7,9-11H2,1H3,(H2,33,43)(H,35,45)(H,36,46)(H,37,48)(H,38,44)(H,39,47)(H,40,49)/t17?,18?,19?,21-/m0/s1. The Labute approximate surface area is 296 Å². The van der Waals surface area contributed by atoms with E-state index in [9.17, 15) is 38.7 Å². The number of aliphatic hydroxyl groups excluding tert-OH is 1. The maximum atomic E-state index is 13.5. The van der Waals surface area contributed by atoms with E-state index in [-0.39, 0.29) is 22.3 Å². The number of nitrogens with zero attached hydrogens (tertiary/aromatic N) is 1. The highest BCUT2D eigenvalue weighted by Gasteiger charge is 2.32. The summed E-state index contributed by atoms with van der Waals surface area (Å²) in [7, 11) is 1.48. The second-order valence-electron chi connectivity index (χ2n) is 11.0. The van der Waals surface area contributed by atoms with E-state index in [4.69, 9.17) is 28.9 Å². The Kier molecular flexibility index (Phi) is 12.3. The van der Waals surface area contributed by atoms with Crippen LogP contribution in [0.4, 0.5) is 0 Å². The zero-order valence-corrected chi connectivity index (χ0v) is 28.8. The van der Waals surface area contributed by atoms with Gasteiger partial charge < -0.3 is 52.3 Å². The van der Waals surface area contributed by atoms with Gasteiger partial charge in [-0.2, -0.15) is 0 Å². The molecule has 0 radical (unpaired) electrons. The maximum Gasteiger partial charge on any atom is 0.268 e. The molecule has 3 heterocycles. The summed E-state index contributed by atoms with van der Waals surface area (Å²) in [6.07, 6.45) is -0.891. The predicted octanol–water partition coefficient (Wildman–Crippen LogP) is -1.52. The molecule has 1 saturated heterocycles. The van der Waals surface area contributed by atoms with Crippen molar-refractivity contribution in [2.45, 2.75) is 37.1 Å². The average molecular weight is 785 g/mol. The van der Waals surface area contributed by atoms with Gasteiger partial charge in [0.1, 0.15) is 35.1 Å². The van der Waals surface area contributed by atoms with Gasteiger partial charge in [-0.1, -0.05) is 39.1 Å². The van der Waals surface area contributed by atoms with Gasteiger partial charge in [0.15, 0.2) is 0 Å². The second kappa shape index (κ2) is 16.2. The molecule has 4 rings (SSSR count). The monoisotopic (exact) mass is 783 g/mol. The number of H-pyrrole nitrogens is 1. The van der Waals surface area contributed by atoms with Crippen LogP contribution in [0.5, 0.6) is 0 Å². The van der Waals surface area contributed by atoms with Crippen LogP contribution < -0.4 is 37.6 Å². The Hall–Kier alpha value is -4.65. The lowest BCUT2D eigenvalue weighted by Crippen LogP contribution is -2.61. The molecule has 0 aliphatic carbocycles. The summed E-state index contributed by atoms with van der Waals surface area (Å²) in [5, 5.41) is 25.7. The molecule has 7 amide bonds. The third-order valence-corrected chi connectivity index (χ3v) is 8.82. The molecule has 10 N–H and O–H groups in total. The third-order valence-electron chi connectivity index (χ3n) is 7.49. The fourth-order valence-corrected chi connectivity index (χ4v) is 5.64. The molecule has 3 unspecified atom stereocenters. The van der Waals surface area contributed by atoms with E-state index in [0.29, 0.717) is 5.56 Å². The quantitative estimate of drug-likeness (QED) is 0.129. The number of nitrogens with one attached hydrogen (secondary N) is 7. The summed E-state index contributed by atoms with van der Waals surface area (Å²) in [5.74, 6) is -6.28. The Morgan fingerprint density at radius 3 is 2.35 bits per heavy atom. The summed E-state index contributed by atoms with van der Waals surface area (Å²) in [5.41, 5.74) is 6.69. The first kappa shape index (κ1) is 37.2. The minimum absolute atomic E-state index is 0.0480. The molecular formula is C29H32BrCl2N9O8. The van der Waals surface area contributed by atoms with Crippen molar-refractivity contribution in [3.8, 4) is 0 Å². The highest BCUT2D eigenvalue weighted by Crippen LogP contribution is 2.25. The van der Waals surface area contributed by atoms with Gasteiger partial charge in [0.25, 0.3) is 11.8 Å². The van der Waals surface area contributed by atoms with Gasteiger partial charge in [0.2, 0.25) is 29.5 Å². The minimum atomic E-state index is -1.81. The number of carbonyl (C=O) groups is 7. The molecule has 1 aliphatic heterocycles. The summed E-state index contributed by atoms with van der Waals surface area (Å²) >= 11 is 15.4. The third kappa shape index (κ3) is 9.50. The first-order valence-corrected chi connectivity index (χ1v) is 16.2. The number of benzene rings is 1. The van der Waals surface area contributed by atoms with E-state index in [2.05, 4.69) is 52.8 Å². The van der Waals surface area contributed by atoms with Gasteiger partial charge in [-0.05, 0) is 29.8 Å². The number of amides is 7. The molecule has 0 bridgehead atoms. The largest absolute Gasteiger partial charge is 0.381 e. The number of β-amino-alcohol motifs (C(OH)–C–C–N with tert-alkyl or cyclic N) is 1. The number of fused-ring (bicyclic) bond motifs is 1. The number of aromatic amines is 1. The van der Waals surface area contributed by atoms with Crippen molar-refractivity contribution in [2.75, 3.05) is 19.6 Å². The van der Waals surface area contributed by atoms with Crippen LogP contribution in [-0.4, -0.2) is 99.9 Å². The van der Waals surface area contributed by atoms with Crippen molar-refractivity contribution in [1.82, 2.24) is 41.5 Å². The molecule has 1 fully saturated rings. The summed E-state index contributed by atoms with van der Waals surface area (Å²) in [4.78, 5) is 93.0. The molecule has 262 valence electrons. The molecule has 20 heteroatoms. The number of aliphatic hydroxyl groups is 1. The Bertz CT molecular complexity index is 1810. The van der Waals surface area contributed by atoms with Crippen LogP contribution in [0.3, 0.4) is 0 Å². The average Bonchev–Trinajstić information content (AvgIpc) is 3.56. The summed E-state index contributed by atoms with van der Waals surface area (Å²) < 4.78 is 2.06. The van der Waals surface area contributed by atoms with Gasteiger partial charge in [0, 0.05) is 41.6 Å². The lowest BCUT2D eigenvalue weighted by Gasteiger charge is -2.26. The number of hydrogen-bond acceptors (Lipinski definition) is 8. The Morgan fingerprint density at radius 2 is 1.67 bits per heavy atom. The van der Waals surface area contributed by atoms with Crippen LogP contribution in [0.1, 0.15) is 22.5 Å². The van der Waals surface area contributed by atoms with Crippen molar-refractivity contribution in [1.29, 1.82) is 0 Å². The number of aromatic nitrogens is 2. The number of nitrogens with two attached hydrogens (primary N) is 1. The van der Waals surface area contributed by atoms with Crippen LogP contribution in [-0.2, 0) is 42.2 Å². The van der Waals surface area contributed by atoms with Crippen LogP contribution in [0, 0.1) is 0 Å². The minimum Gasteiger partial charge on any atom is -0.381 e. The predicted molar refractivity (Wildman–Crippen MR) is 179 cm³/mol. The number of halogens is 3. The van der Waals surface area contributed by atoms with E-state index in [1.54, 1.807) is 6.20 Å². The van der Waals surface area contributed by atoms with Crippen LogP contribution in [0.2, 0.25) is 10.2 Å². The Balaban J connectivity index is 1.56. The van der Waals surface area contributed by atoms with Gasteiger partial charge in [0.05, 0.1) is 24.5 Å². The first-order valence-electron chi connectivity index (χ1n) is 14.6. The SMILES string of the molecule is Cn1c(C(=O)NCC(=O)NC2CNC(=O)C(Cc3c[nH]c4ccc(Br)cc34)NC(=O)[C@@H](O)CNC(=O)C(CC(N)=O)NC2=O)cc(Cl)c1Cl. The number of hydrogen-bond donors (Lipinski definition) is 9. The van der Waals surface area contributed by atoms with E-state index in [0.717, 1.165) is 15.4 Å². The van der Waals surface area contributed by atoms with Crippen molar-refractivity contribution in [2.24, 2.45) is 12.8 Å². The highest BCUT2D eigenvalue weighted by atomic mass is 79.9. The van der Waals surface area contributed by atoms with Crippen LogP contribution >= 0.6 is 39.1 Å². The second-order valence-corrected chi connectivity index (χ2v) is 12.7. The number of carbonyl (C=O) groups excluding carboxylic acids is 7. The zero-order valence-electron chi connectivity index (χ0n) is 25.7. The zero-order chi connectivity index (χ0) is 36.0. The summed E-state index contributed by atoms with van der Waals surface area (Å²) in [6.45, 7) is -1.83. The van der Waals surface area contributed by atoms with Crippen molar-refractivity contribution >= 4 is 91.4 Å². The highest BCUT2D eigenvalue weighted by molar-refractivity contribution is 9.10. The normalized spacial score (nSPS) is 20.8. The Morgan fingerprint density at radius 1 is 1.00 bits per heavy atom. The van der Waals surface area contributed by atoms with Crippen molar-refractivity contribution < 1.29 is 38.7 Å². The molecule has 1 aromatic carbocycles. The maximum absolute atomic E-state index is 13.5. The molecule has 0 spiro atoms. The first-order chi connectivity index (χ1) is 23.1. The number of rotatable bonds is 8. The number of primary amides is 1. The van der Waals surface area contributed by atoms with Gasteiger partial charge >= 0.3 is 0 Å². The smallest absolute Gasteiger partial charge is 0.268 e. The molecule has 4 atom stereocenters. The van der Waals surface area contributed by atoms with E-state index in [1.807, 2.05) is 18.2 Å². The molecule has 17 nitrogen and oxygen atoms in total. The van der Waals surface area contributed by atoms with E-state index in [1.165, 1.54) is 17.7 Å². The molecular weight excluding hydrogens is 753 g/mol. The molecule has 0 saturated carbocycles. The van der Waals surface area contributed by atoms with Gasteiger partial charge in [-0.25, -0.2) is 0 Å². The van der Waals surface area contributed by atoms with Crippen molar-refractivity contribution in [3.63, 3.8) is 0 Å². The van der Waals surface area contributed by atoms with E-state index < -0.39 is 91.6 Å². The van der Waals surface area contributed by atoms with Gasteiger partial charge in [-0.3, -0.25) is 33.6 Å². The fourth-order valence-electron chi connectivity index (χ4n) is 4.90. The van der Waals surface area contributed by atoms with Gasteiger partial charge in [-0.15, -0.1) is 0 Å². The van der Waals surface area contributed by atoms with E-state index >= 15 is 0 Å². The fraction of sp³-hybridized carbons (Fsp3) is 0.345. The summed E-state index contributed by atoms with van der Waals surface area (Å²) in [6, 6.07) is 2.32. The lowest BCUT2D eigenvalue weighted by atomic mass is 10.0.